The summed E-state index contributed by atoms with van der Waals surface area (Å²) < 4.78 is 0. The number of carbonyl (C=O) groups excluding carboxylic acids is 1. The second kappa shape index (κ2) is 3.06. The monoisotopic (exact) mass is 194 g/mol. The number of fused-ring (bicyclic) bond motifs is 1. The second-order valence-corrected chi connectivity index (χ2v) is 3.14. The number of nitrogens with one attached hydrogen (secondary N) is 1. The molecule has 74 valence electrons. The van der Waals surface area contributed by atoms with E-state index >= 15 is 0 Å². The Morgan fingerprint density at radius 1 is 1.36 bits per heavy atom. The zero-order valence-electron chi connectivity index (χ0n) is 7.27. The predicted molar refractivity (Wildman–Crippen MR) is 48.0 cm³/mol. The number of carbonyl (C=O) groups is 1. The van der Waals surface area contributed by atoms with Crippen LogP contribution in [0.1, 0.15) is 33.9 Å². The molecule has 0 saturated heterocycles. The van der Waals surface area contributed by atoms with Gasteiger partial charge in [-0.2, -0.15) is 0 Å². The van der Waals surface area contributed by atoms with E-state index in [0.717, 1.165) is 0 Å². The Labute approximate surface area is 80.2 Å². The maximum absolute atomic E-state index is 11.0. The number of aliphatic hydroxyl groups excluding tert-OH is 2. The van der Waals surface area contributed by atoms with Crippen LogP contribution >= 0.6 is 0 Å². The van der Waals surface area contributed by atoms with Crippen LogP contribution in [0, 0.1) is 0 Å². The number of primary amides is 1. The van der Waals surface area contributed by atoms with Gasteiger partial charge in [-0.3, -0.25) is 10.1 Å². The van der Waals surface area contributed by atoms with Gasteiger partial charge >= 0.3 is 0 Å². The molecule has 1 aliphatic heterocycles. The van der Waals surface area contributed by atoms with Crippen LogP contribution in [0.3, 0.4) is 0 Å². The minimum Gasteiger partial charge on any atom is -0.374 e. The largest absolute Gasteiger partial charge is 0.374 e. The molecule has 0 radical (unpaired) electrons. The molecule has 0 saturated carbocycles. The second-order valence-electron chi connectivity index (χ2n) is 3.14. The van der Waals surface area contributed by atoms with E-state index in [0.29, 0.717) is 11.1 Å². The Balaban J connectivity index is 2.62. The summed E-state index contributed by atoms with van der Waals surface area (Å²) in [5.74, 6) is -0.614. The Kier molecular flexibility index (Phi) is 1.99. The molecule has 2 unspecified atom stereocenters. The van der Waals surface area contributed by atoms with E-state index in [1.807, 2.05) is 0 Å². The first-order chi connectivity index (χ1) is 6.61. The van der Waals surface area contributed by atoms with Crippen LogP contribution in [-0.4, -0.2) is 16.1 Å². The maximum Gasteiger partial charge on any atom is 0.249 e. The average molecular weight is 194 g/mol. The van der Waals surface area contributed by atoms with Crippen LogP contribution < -0.4 is 11.1 Å². The molecule has 5 heteroatoms. The van der Waals surface area contributed by atoms with Gasteiger partial charge < -0.3 is 15.9 Å². The van der Waals surface area contributed by atoms with Gasteiger partial charge in [-0.05, 0) is 6.07 Å². The van der Waals surface area contributed by atoms with Crippen LogP contribution in [0.25, 0.3) is 0 Å². The standard InChI is InChI=1S/C9H10N2O3/c10-7(12)4-2-1-3-5-6(4)9(14)11-8(5)13/h1-3,8-9,11,13-14H,(H2,10,12). The minimum atomic E-state index is -1.04. The molecule has 5 nitrogen and oxygen atoms in total. The van der Waals surface area contributed by atoms with Gasteiger partial charge in [0.05, 0.1) is 0 Å². The first-order valence-electron chi connectivity index (χ1n) is 4.16. The number of nitrogens with two attached hydrogens (primary N) is 1. The van der Waals surface area contributed by atoms with Gasteiger partial charge in [-0.15, -0.1) is 0 Å². The molecule has 1 aliphatic rings. The molecule has 2 rings (SSSR count). The number of hydrogen-bond donors (Lipinski definition) is 4. The first-order valence-corrected chi connectivity index (χ1v) is 4.16. The third-order valence-corrected chi connectivity index (χ3v) is 2.29. The molecular formula is C9H10N2O3. The van der Waals surface area contributed by atoms with Crippen molar-refractivity contribution in [3.05, 3.63) is 34.9 Å². The molecule has 1 heterocycles. The van der Waals surface area contributed by atoms with Crippen molar-refractivity contribution >= 4 is 5.91 Å². The number of benzene rings is 1. The number of amides is 1. The third-order valence-electron chi connectivity index (χ3n) is 2.29. The van der Waals surface area contributed by atoms with E-state index in [-0.39, 0.29) is 5.56 Å². The molecule has 0 spiro atoms. The van der Waals surface area contributed by atoms with Gasteiger partial charge in [0.25, 0.3) is 0 Å². The van der Waals surface area contributed by atoms with E-state index in [9.17, 15) is 15.0 Å². The highest BCUT2D eigenvalue weighted by atomic mass is 16.3. The number of rotatable bonds is 1. The highest BCUT2D eigenvalue weighted by molar-refractivity contribution is 5.95. The van der Waals surface area contributed by atoms with Gasteiger partial charge in [-0.25, -0.2) is 0 Å². The molecule has 2 atom stereocenters. The van der Waals surface area contributed by atoms with Gasteiger partial charge in [0, 0.05) is 16.7 Å². The van der Waals surface area contributed by atoms with E-state index in [2.05, 4.69) is 5.32 Å². The van der Waals surface area contributed by atoms with Crippen LogP contribution in [0.15, 0.2) is 18.2 Å². The van der Waals surface area contributed by atoms with Crippen molar-refractivity contribution in [2.45, 2.75) is 12.5 Å². The lowest BCUT2D eigenvalue weighted by molar-refractivity contribution is 0.0664. The van der Waals surface area contributed by atoms with Crippen molar-refractivity contribution in [2.75, 3.05) is 0 Å². The molecule has 0 aliphatic carbocycles. The molecule has 1 aromatic carbocycles. The topological polar surface area (TPSA) is 95.6 Å². The van der Waals surface area contributed by atoms with Crippen LogP contribution in [0.5, 0.6) is 0 Å². The summed E-state index contributed by atoms with van der Waals surface area (Å²) in [7, 11) is 0. The van der Waals surface area contributed by atoms with Crippen molar-refractivity contribution in [1.29, 1.82) is 0 Å². The van der Waals surface area contributed by atoms with Crippen LogP contribution in [0.2, 0.25) is 0 Å². The molecule has 0 aromatic heterocycles. The van der Waals surface area contributed by atoms with Crippen molar-refractivity contribution < 1.29 is 15.0 Å². The molecular weight excluding hydrogens is 184 g/mol. The maximum atomic E-state index is 11.0. The zero-order chi connectivity index (χ0) is 10.3. The molecule has 0 fully saturated rings. The summed E-state index contributed by atoms with van der Waals surface area (Å²) in [6.07, 6.45) is -1.98. The van der Waals surface area contributed by atoms with Crippen molar-refractivity contribution in [1.82, 2.24) is 5.32 Å². The minimum absolute atomic E-state index is 0.235. The van der Waals surface area contributed by atoms with Gasteiger partial charge in [-0.1, -0.05) is 12.1 Å². The summed E-state index contributed by atoms with van der Waals surface area (Å²) in [6, 6.07) is 4.77. The zero-order valence-corrected chi connectivity index (χ0v) is 7.27. The molecule has 1 aromatic rings. The lowest BCUT2D eigenvalue weighted by Gasteiger charge is -2.06. The van der Waals surface area contributed by atoms with E-state index in [4.69, 9.17) is 5.73 Å². The van der Waals surface area contributed by atoms with E-state index in [1.165, 1.54) is 6.07 Å². The number of aliphatic hydroxyl groups is 2. The van der Waals surface area contributed by atoms with Crippen molar-refractivity contribution in [3.63, 3.8) is 0 Å². The molecule has 5 N–H and O–H groups in total. The number of hydrogen-bond acceptors (Lipinski definition) is 4. The Morgan fingerprint density at radius 2 is 2.07 bits per heavy atom. The normalized spacial score (nSPS) is 24.7. The highest BCUT2D eigenvalue weighted by Crippen LogP contribution is 2.32. The summed E-state index contributed by atoms with van der Waals surface area (Å²) in [5.41, 5.74) is 6.23. The van der Waals surface area contributed by atoms with Gasteiger partial charge in [0.15, 0.2) is 0 Å². The fraction of sp³-hybridized carbons (Fsp3) is 0.222. The Morgan fingerprint density at radius 3 is 2.71 bits per heavy atom. The molecule has 14 heavy (non-hydrogen) atoms. The predicted octanol–water partition coefficient (Wildman–Crippen LogP) is -0.630. The van der Waals surface area contributed by atoms with Crippen molar-refractivity contribution in [2.24, 2.45) is 5.73 Å². The lowest BCUT2D eigenvalue weighted by atomic mass is 10.0. The smallest absolute Gasteiger partial charge is 0.249 e. The van der Waals surface area contributed by atoms with Gasteiger partial charge in [0.1, 0.15) is 12.5 Å². The van der Waals surface area contributed by atoms with Crippen LogP contribution in [-0.2, 0) is 0 Å². The van der Waals surface area contributed by atoms with Gasteiger partial charge in [0.2, 0.25) is 5.91 Å². The fourth-order valence-electron chi connectivity index (χ4n) is 1.66. The Hall–Kier alpha value is -1.43. The van der Waals surface area contributed by atoms with Crippen LogP contribution in [0.4, 0.5) is 0 Å². The fourth-order valence-corrected chi connectivity index (χ4v) is 1.66. The summed E-state index contributed by atoms with van der Waals surface area (Å²) in [6.45, 7) is 0. The first kappa shape index (κ1) is 9.14. The third kappa shape index (κ3) is 1.19. The quantitative estimate of drug-likeness (QED) is 0.478. The highest BCUT2D eigenvalue weighted by Gasteiger charge is 2.30. The van der Waals surface area contributed by atoms with E-state index < -0.39 is 18.4 Å². The Bertz CT molecular complexity index is 392. The summed E-state index contributed by atoms with van der Waals surface area (Å²) in [5, 5.41) is 21.4. The summed E-state index contributed by atoms with van der Waals surface area (Å²) in [4.78, 5) is 11.0. The molecule has 1 amide bonds. The SMILES string of the molecule is NC(=O)c1cccc2c1C(O)NC2O. The summed E-state index contributed by atoms with van der Waals surface area (Å²) >= 11 is 0. The van der Waals surface area contributed by atoms with E-state index in [1.54, 1.807) is 12.1 Å². The molecule has 0 bridgehead atoms. The lowest BCUT2D eigenvalue weighted by Crippen LogP contribution is -2.18. The van der Waals surface area contributed by atoms with Crippen molar-refractivity contribution in [3.8, 4) is 0 Å². The average Bonchev–Trinajstić information content (AvgIpc) is 2.43.